The highest BCUT2D eigenvalue weighted by molar-refractivity contribution is 5.98. The molecule has 0 spiro atoms. The summed E-state index contributed by atoms with van der Waals surface area (Å²) < 4.78 is 12.1. The maximum atomic E-state index is 13.1. The molecule has 0 amide bonds. The number of ketones is 1. The lowest BCUT2D eigenvalue weighted by molar-refractivity contribution is -0.208. The van der Waals surface area contributed by atoms with Gasteiger partial charge in [0, 0.05) is 12.3 Å². The van der Waals surface area contributed by atoms with E-state index in [4.69, 9.17) is 9.47 Å². The second-order valence-electron chi connectivity index (χ2n) is 12.1. The number of aliphatic hydroxyl groups is 1. The molecule has 1 N–H and O–H groups in total. The van der Waals surface area contributed by atoms with Crippen molar-refractivity contribution >= 4 is 11.8 Å². The minimum Gasteiger partial charge on any atom is -0.458 e. The van der Waals surface area contributed by atoms with Gasteiger partial charge < -0.3 is 14.6 Å². The summed E-state index contributed by atoms with van der Waals surface area (Å²) in [6.07, 6.45) is 10.6. The average molecular weight is 453 g/mol. The lowest BCUT2D eigenvalue weighted by Gasteiger charge is -2.59. The third kappa shape index (κ3) is 2.67. The molecule has 1 unspecified atom stereocenters. The number of aliphatic hydroxyl groups excluding tert-OH is 1. The Balaban J connectivity index is 1.32. The molecule has 2 aliphatic heterocycles. The van der Waals surface area contributed by atoms with Crippen LogP contribution >= 0.6 is 0 Å². The Bertz CT molecular complexity index is 994. The van der Waals surface area contributed by atoms with Crippen LogP contribution in [0.15, 0.2) is 36.0 Å². The smallest absolute Gasteiger partial charge is 0.336 e. The van der Waals surface area contributed by atoms with Gasteiger partial charge in [0.15, 0.2) is 5.78 Å². The second kappa shape index (κ2) is 6.91. The van der Waals surface area contributed by atoms with Crippen LogP contribution in [0.5, 0.6) is 0 Å². The van der Waals surface area contributed by atoms with Gasteiger partial charge in [-0.1, -0.05) is 31.2 Å². The fraction of sp³-hybridized carbons (Fsp3) is 0.714. The maximum Gasteiger partial charge on any atom is 0.336 e. The summed E-state index contributed by atoms with van der Waals surface area (Å²) >= 11 is 0. The predicted octanol–water partition coefficient (Wildman–Crippen LogP) is 4.16. The Labute approximate surface area is 196 Å². The zero-order valence-electron chi connectivity index (χ0n) is 20.0. The molecule has 6 rings (SSSR count). The van der Waals surface area contributed by atoms with Crippen LogP contribution in [0, 0.1) is 40.4 Å². The largest absolute Gasteiger partial charge is 0.458 e. The third-order valence-corrected chi connectivity index (χ3v) is 11.1. The molecule has 5 heteroatoms. The normalized spacial score (nSPS) is 53.0. The molecule has 5 nitrogen and oxygen atoms in total. The molecular formula is C28H36O5. The van der Waals surface area contributed by atoms with Gasteiger partial charge >= 0.3 is 5.97 Å². The first-order valence-electron chi connectivity index (χ1n) is 12.7. The van der Waals surface area contributed by atoms with Gasteiger partial charge in [-0.25, -0.2) is 4.79 Å². The van der Waals surface area contributed by atoms with Gasteiger partial charge in [-0.2, -0.15) is 0 Å². The fourth-order valence-corrected chi connectivity index (χ4v) is 8.99. The monoisotopic (exact) mass is 452 g/mol. The van der Waals surface area contributed by atoms with Crippen molar-refractivity contribution in [3.05, 3.63) is 36.0 Å². The number of allylic oxidation sites excluding steroid dienone is 4. The Morgan fingerprint density at radius 3 is 2.58 bits per heavy atom. The molecular weight excluding hydrogens is 416 g/mol. The molecule has 2 heterocycles. The standard InChI is InChI=1S/C28H36O5/c1-15-25(31)33-22-13-26(15,2)32-14-18(22)20-11-10-19-17-9-8-16-6-5-7-23(29)27(16,3)21(17)12-24(30)28(19,20)4/h5,7-8,17-22,24,30H,1,6,9-14H2,2-4H3/t17-,18-,19-,20?,21-,22+,24+,26+,27-,28-/m0/s1. The number of esters is 1. The maximum absolute atomic E-state index is 13.1. The van der Waals surface area contributed by atoms with Crippen molar-refractivity contribution in [1.29, 1.82) is 0 Å². The molecule has 0 aromatic rings. The Kier molecular flexibility index (Phi) is 4.56. The fourth-order valence-electron chi connectivity index (χ4n) is 8.99. The first-order chi connectivity index (χ1) is 15.6. The number of ether oxygens (including phenoxy) is 2. The highest BCUT2D eigenvalue weighted by Crippen LogP contribution is 2.67. The van der Waals surface area contributed by atoms with Gasteiger partial charge in [-0.15, -0.1) is 0 Å². The Morgan fingerprint density at radius 1 is 1.09 bits per heavy atom. The topological polar surface area (TPSA) is 72.8 Å². The molecule has 6 aliphatic rings. The Hall–Kier alpha value is -1.72. The predicted molar refractivity (Wildman–Crippen MR) is 123 cm³/mol. The van der Waals surface area contributed by atoms with E-state index in [1.807, 2.05) is 13.0 Å². The van der Waals surface area contributed by atoms with E-state index in [0.717, 1.165) is 25.7 Å². The molecule has 33 heavy (non-hydrogen) atoms. The minimum atomic E-state index is -0.639. The van der Waals surface area contributed by atoms with Crippen LogP contribution in [-0.2, 0) is 19.1 Å². The van der Waals surface area contributed by atoms with E-state index in [9.17, 15) is 14.7 Å². The summed E-state index contributed by atoms with van der Waals surface area (Å²) in [6, 6.07) is 0. The molecule has 4 aliphatic carbocycles. The van der Waals surface area contributed by atoms with Crippen LogP contribution in [0.2, 0.25) is 0 Å². The van der Waals surface area contributed by atoms with Gasteiger partial charge in [0.2, 0.25) is 0 Å². The van der Waals surface area contributed by atoms with Crippen molar-refractivity contribution in [2.45, 2.75) is 77.1 Å². The molecule has 178 valence electrons. The molecule has 10 atom stereocenters. The quantitative estimate of drug-likeness (QED) is 0.367. The average Bonchev–Trinajstić information content (AvgIpc) is 3.13. The summed E-state index contributed by atoms with van der Waals surface area (Å²) in [4.78, 5) is 25.6. The van der Waals surface area contributed by atoms with Crippen LogP contribution in [0.25, 0.3) is 0 Å². The van der Waals surface area contributed by atoms with Gasteiger partial charge in [-0.3, -0.25) is 4.79 Å². The van der Waals surface area contributed by atoms with Crippen molar-refractivity contribution in [3.63, 3.8) is 0 Å². The molecule has 2 bridgehead atoms. The van der Waals surface area contributed by atoms with Crippen molar-refractivity contribution in [2.75, 3.05) is 6.61 Å². The minimum absolute atomic E-state index is 0.0841. The summed E-state index contributed by atoms with van der Waals surface area (Å²) in [5, 5.41) is 11.7. The molecule has 4 fully saturated rings. The third-order valence-electron chi connectivity index (χ3n) is 11.1. The summed E-state index contributed by atoms with van der Waals surface area (Å²) in [5.74, 6) is 1.11. The number of carbonyl (C=O) groups is 2. The molecule has 2 saturated carbocycles. The lowest BCUT2D eigenvalue weighted by Crippen LogP contribution is -2.61. The van der Waals surface area contributed by atoms with E-state index >= 15 is 0 Å². The zero-order valence-corrected chi connectivity index (χ0v) is 20.0. The van der Waals surface area contributed by atoms with E-state index in [0.29, 0.717) is 36.9 Å². The first-order valence-corrected chi connectivity index (χ1v) is 12.7. The van der Waals surface area contributed by atoms with Crippen LogP contribution in [0.1, 0.15) is 59.3 Å². The Morgan fingerprint density at radius 2 is 1.82 bits per heavy atom. The van der Waals surface area contributed by atoms with Crippen molar-refractivity contribution in [1.82, 2.24) is 0 Å². The molecule has 2 saturated heterocycles. The van der Waals surface area contributed by atoms with Crippen LogP contribution < -0.4 is 0 Å². The van der Waals surface area contributed by atoms with E-state index < -0.39 is 17.1 Å². The first kappa shape index (κ1) is 21.8. The van der Waals surface area contributed by atoms with Crippen LogP contribution in [0.4, 0.5) is 0 Å². The highest BCUT2D eigenvalue weighted by atomic mass is 16.6. The van der Waals surface area contributed by atoms with Gasteiger partial charge in [0.25, 0.3) is 0 Å². The van der Waals surface area contributed by atoms with Gasteiger partial charge in [0.1, 0.15) is 11.7 Å². The van der Waals surface area contributed by atoms with E-state index in [2.05, 4.69) is 26.5 Å². The summed E-state index contributed by atoms with van der Waals surface area (Å²) in [5.41, 5.74) is 0.277. The molecule has 0 aromatic carbocycles. The van der Waals surface area contributed by atoms with E-state index in [1.54, 1.807) is 6.08 Å². The summed E-state index contributed by atoms with van der Waals surface area (Å²) in [6.45, 7) is 10.8. The number of fused-ring (bicyclic) bond motifs is 7. The zero-order chi connectivity index (χ0) is 23.3. The summed E-state index contributed by atoms with van der Waals surface area (Å²) in [7, 11) is 0. The van der Waals surface area contributed by atoms with E-state index in [1.165, 1.54) is 5.57 Å². The highest BCUT2D eigenvalue weighted by Gasteiger charge is 2.65. The van der Waals surface area contributed by atoms with Crippen molar-refractivity contribution in [3.8, 4) is 0 Å². The van der Waals surface area contributed by atoms with Crippen molar-refractivity contribution in [2.24, 2.45) is 40.4 Å². The second-order valence-corrected chi connectivity index (χ2v) is 12.1. The molecule has 0 aromatic heterocycles. The van der Waals surface area contributed by atoms with Crippen molar-refractivity contribution < 1.29 is 24.2 Å². The van der Waals surface area contributed by atoms with E-state index in [-0.39, 0.29) is 41.0 Å². The SMILES string of the molecule is C=C1C(=O)O[C@@H]2C[C@@]1(C)OC[C@H]2C1CC[C@H]2[C@@H]3CC=C4CC=CC(=O)[C@]4(C)[C@H]3C[C@@H](O)[C@]12C. The van der Waals surface area contributed by atoms with Crippen LogP contribution in [0.3, 0.4) is 0 Å². The van der Waals surface area contributed by atoms with Gasteiger partial charge in [-0.05, 0) is 81.1 Å². The lowest BCUT2D eigenvalue weighted by atomic mass is 9.46. The number of hydrogen-bond donors (Lipinski definition) is 1. The number of rotatable bonds is 1. The number of carbonyl (C=O) groups excluding carboxylic acids is 2. The number of hydrogen-bond acceptors (Lipinski definition) is 5. The molecule has 0 radical (unpaired) electrons. The van der Waals surface area contributed by atoms with Gasteiger partial charge in [0.05, 0.1) is 23.7 Å². The van der Waals surface area contributed by atoms with Crippen LogP contribution in [-0.4, -0.2) is 41.3 Å².